The largest absolute Gasteiger partial charge is 0.504 e. The molecule has 0 saturated heterocycles. The van der Waals surface area contributed by atoms with E-state index in [4.69, 9.17) is 10.2 Å². The topological polar surface area (TPSA) is 56.4 Å². The minimum atomic E-state index is -0.0893. The zero-order valence-electron chi connectivity index (χ0n) is 6.99. The van der Waals surface area contributed by atoms with Crippen molar-refractivity contribution >= 4 is 0 Å². The molecular weight excluding hydrogens is 156 g/mol. The van der Waals surface area contributed by atoms with Crippen LogP contribution in [0.4, 0.5) is 0 Å². The van der Waals surface area contributed by atoms with Gasteiger partial charge in [0.1, 0.15) is 0 Å². The van der Waals surface area contributed by atoms with E-state index in [1.54, 1.807) is 10.8 Å². The maximum absolute atomic E-state index is 9.11. The Bertz CT molecular complexity index is 263. The number of likely N-dealkylation sites (N-methyl/N-ethyl adjacent to an activating group) is 1. The van der Waals surface area contributed by atoms with Crippen molar-refractivity contribution in [2.24, 2.45) is 0 Å². The number of pyridine rings is 1. The van der Waals surface area contributed by atoms with Crippen molar-refractivity contribution in [1.82, 2.24) is 5.32 Å². The molecule has 0 saturated carbocycles. The first-order valence-corrected chi connectivity index (χ1v) is 3.79. The Kier molecular flexibility index (Phi) is 2.88. The van der Waals surface area contributed by atoms with E-state index in [0.29, 0.717) is 0 Å². The monoisotopic (exact) mass is 169 g/mol. The zero-order chi connectivity index (χ0) is 8.97. The van der Waals surface area contributed by atoms with E-state index in [-0.39, 0.29) is 11.5 Å². The number of hydrogen-bond donors (Lipinski definition) is 3. The van der Waals surface area contributed by atoms with Crippen molar-refractivity contribution in [2.75, 3.05) is 13.6 Å². The number of nitrogens with one attached hydrogen (secondary N) is 1. The molecule has 1 aromatic rings. The van der Waals surface area contributed by atoms with Crippen LogP contribution >= 0.6 is 0 Å². The summed E-state index contributed by atoms with van der Waals surface area (Å²) in [7, 11) is 1.86. The first-order valence-electron chi connectivity index (χ1n) is 3.79. The van der Waals surface area contributed by atoms with Crippen molar-refractivity contribution in [2.45, 2.75) is 6.54 Å². The molecule has 0 aliphatic carbocycles. The second-order valence-corrected chi connectivity index (χ2v) is 2.56. The molecule has 0 aliphatic heterocycles. The van der Waals surface area contributed by atoms with Crippen molar-refractivity contribution < 1.29 is 14.8 Å². The van der Waals surface area contributed by atoms with Gasteiger partial charge < -0.3 is 15.5 Å². The average molecular weight is 169 g/mol. The van der Waals surface area contributed by atoms with Gasteiger partial charge in [-0.05, 0) is 7.05 Å². The molecule has 4 heteroatoms. The Balaban J connectivity index is 2.69. The molecule has 0 atom stereocenters. The third-order valence-electron chi connectivity index (χ3n) is 1.59. The third-order valence-corrected chi connectivity index (χ3v) is 1.59. The molecule has 0 bridgehead atoms. The van der Waals surface area contributed by atoms with E-state index < -0.39 is 0 Å². The summed E-state index contributed by atoms with van der Waals surface area (Å²) >= 11 is 0. The number of nitrogens with zero attached hydrogens (tertiary/aromatic N) is 1. The fourth-order valence-corrected chi connectivity index (χ4v) is 0.898. The van der Waals surface area contributed by atoms with Crippen LogP contribution in [-0.2, 0) is 6.54 Å². The second-order valence-electron chi connectivity index (χ2n) is 2.56. The Morgan fingerprint density at radius 3 is 2.75 bits per heavy atom. The SMILES string of the molecule is CNCC[n+]1ccc(O)c(O)c1. The number of rotatable bonds is 3. The highest BCUT2D eigenvalue weighted by Gasteiger charge is 2.05. The average Bonchev–Trinajstić information content (AvgIpc) is 2.07. The van der Waals surface area contributed by atoms with Gasteiger partial charge in [-0.15, -0.1) is 0 Å². The molecule has 1 aromatic heterocycles. The molecule has 3 N–H and O–H groups in total. The highest BCUT2D eigenvalue weighted by atomic mass is 16.3. The lowest BCUT2D eigenvalue weighted by molar-refractivity contribution is -0.695. The van der Waals surface area contributed by atoms with E-state index in [9.17, 15) is 0 Å². The van der Waals surface area contributed by atoms with Crippen LogP contribution in [0.5, 0.6) is 11.5 Å². The summed E-state index contributed by atoms with van der Waals surface area (Å²) in [6.45, 7) is 1.60. The molecule has 1 heterocycles. The molecule has 0 unspecified atom stereocenters. The van der Waals surface area contributed by atoms with Gasteiger partial charge in [-0.2, -0.15) is 0 Å². The quantitative estimate of drug-likeness (QED) is 0.540. The number of aromatic nitrogens is 1. The maximum Gasteiger partial charge on any atom is 0.223 e. The molecule has 0 amide bonds. The zero-order valence-corrected chi connectivity index (χ0v) is 6.99. The molecule has 0 fully saturated rings. The summed E-state index contributed by atoms with van der Waals surface area (Å²) in [5.41, 5.74) is 0. The number of aromatic hydroxyl groups is 2. The van der Waals surface area contributed by atoms with E-state index >= 15 is 0 Å². The smallest absolute Gasteiger partial charge is 0.223 e. The molecule has 0 radical (unpaired) electrons. The van der Waals surface area contributed by atoms with Crippen molar-refractivity contribution in [3.8, 4) is 11.5 Å². The lowest BCUT2D eigenvalue weighted by Gasteiger charge is -1.97. The van der Waals surface area contributed by atoms with Crippen molar-refractivity contribution in [3.63, 3.8) is 0 Å². The van der Waals surface area contributed by atoms with Gasteiger partial charge in [-0.3, -0.25) is 0 Å². The second kappa shape index (κ2) is 3.92. The van der Waals surface area contributed by atoms with Gasteiger partial charge in [-0.25, -0.2) is 4.57 Å². The molecule has 12 heavy (non-hydrogen) atoms. The predicted octanol–water partition coefficient (Wildman–Crippen LogP) is -0.395. The summed E-state index contributed by atoms with van der Waals surface area (Å²) in [6, 6.07) is 1.46. The van der Waals surface area contributed by atoms with Gasteiger partial charge in [0.15, 0.2) is 18.5 Å². The Morgan fingerprint density at radius 2 is 2.17 bits per heavy atom. The van der Waals surface area contributed by atoms with Crippen LogP contribution in [0.3, 0.4) is 0 Å². The molecule has 0 aromatic carbocycles. The molecule has 1 rings (SSSR count). The van der Waals surface area contributed by atoms with Gasteiger partial charge in [0.2, 0.25) is 11.9 Å². The van der Waals surface area contributed by atoms with E-state index in [1.165, 1.54) is 12.3 Å². The minimum absolute atomic E-state index is 0.0873. The summed E-state index contributed by atoms with van der Waals surface area (Å²) in [5.74, 6) is -0.177. The van der Waals surface area contributed by atoms with Crippen LogP contribution in [0, 0.1) is 0 Å². The Hall–Kier alpha value is -1.29. The van der Waals surface area contributed by atoms with Crippen LogP contribution in [0.1, 0.15) is 0 Å². The standard InChI is InChI=1S/C8H12N2O2/c1-9-3-5-10-4-2-7(11)8(12)6-10/h2,4,6,9,12H,3,5H2,1H3/p+1. The predicted molar refractivity (Wildman–Crippen MR) is 43.9 cm³/mol. The van der Waals surface area contributed by atoms with Gasteiger partial charge >= 0.3 is 0 Å². The molecule has 0 spiro atoms. The molecule has 4 nitrogen and oxygen atoms in total. The summed E-state index contributed by atoms with van der Waals surface area (Å²) in [5, 5.41) is 21.1. The van der Waals surface area contributed by atoms with Crippen LogP contribution in [0.2, 0.25) is 0 Å². The fourth-order valence-electron chi connectivity index (χ4n) is 0.898. The van der Waals surface area contributed by atoms with E-state index in [2.05, 4.69) is 5.32 Å². The van der Waals surface area contributed by atoms with E-state index in [1.807, 2.05) is 7.05 Å². The highest BCUT2D eigenvalue weighted by molar-refractivity contribution is 5.31. The summed E-state index contributed by atoms with van der Waals surface area (Å²) in [4.78, 5) is 0. The van der Waals surface area contributed by atoms with Gasteiger partial charge in [0, 0.05) is 6.07 Å². The van der Waals surface area contributed by atoms with Crippen LogP contribution in [-0.4, -0.2) is 23.8 Å². The van der Waals surface area contributed by atoms with Crippen LogP contribution < -0.4 is 9.88 Å². The highest BCUT2D eigenvalue weighted by Crippen LogP contribution is 2.19. The van der Waals surface area contributed by atoms with Crippen molar-refractivity contribution in [3.05, 3.63) is 18.5 Å². The molecular formula is C8H13N2O2+. The van der Waals surface area contributed by atoms with Crippen LogP contribution in [0.25, 0.3) is 0 Å². The molecule has 66 valence electrons. The Labute approximate surface area is 71.1 Å². The normalized spacial score (nSPS) is 10.1. The first kappa shape index (κ1) is 8.80. The lowest BCUT2D eigenvalue weighted by Crippen LogP contribution is -2.37. The lowest BCUT2D eigenvalue weighted by atomic mass is 10.4. The Morgan fingerprint density at radius 1 is 1.42 bits per heavy atom. The third kappa shape index (κ3) is 2.10. The van der Waals surface area contributed by atoms with Crippen LogP contribution in [0.15, 0.2) is 18.5 Å². The van der Waals surface area contributed by atoms with E-state index in [0.717, 1.165) is 13.1 Å². The fraction of sp³-hybridized carbons (Fsp3) is 0.375. The number of hydrogen-bond acceptors (Lipinski definition) is 3. The van der Waals surface area contributed by atoms with Gasteiger partial charge in [0.05, 0.1) is 6.54 Å². The van der Waals surface area contributed by atoms with Gasteiger partial charge in [-0.1, -0.05) is 0 Å². The maximum atomic E-state index is 9.11. The van der Waals surface area contributed by atoms with Crippen molar-refractivity contribution in [1.29, 1.82) is 0 Å². The molecule has 0 aliphatic rings. The summed E-state index contributed by atoms with van der Waals surface area (Å²) < 4.78 is 1.80. The minimum Gasteiger partial charge on any atom is -0.504 e. The first-order chi connectivity index (χ1) is 5.74. The van der Waals surface area contributed by atoms with Gasteiger partial charge in [0.25, 0.3) is 0 Å². The summed E-state index contributed by atoms with van der Waals surface area (Å²) in [6.07, 6.45) is 3.21.